The fourth-order valence-electron chi connectivity index (χ4n) is 3.08. The summed E-state index contributed by atoms with van der Waals surface area (Å²) in [5.41, 5.74) is 0.265. The Morgan fingerprint density at radius 1 is 1.35 bits per heavy atom. The summed E-state index contributed by atoms with van der Waals surface area (Å²) in [6, 6.07) is 1.90. The molecule has 0 saturated carbocycles. The monoisotopic (exact) mass is 363 g/mol. The van der Waals surface area contributed by atoms with E-state index in [0.29, 0.717) is 5.56 Å². The Hall–Kier alpha value is -2.81. The molecule has 1 fully saturated rings. The molecule has 0 bridgehead atoms. The number of carbonyl (C=O) groups is 2. The number of benzene rings is 1. The van der Waals surface area contributed by atoms with Gasteiger partial charge in [-0.1, -0.05) is 6.07 Å². The first-order chi connectivity index (χ1) is 12.4. The molecule has 0 radical (unpaired) electrons. The summed E-state index contributed by atoms with van der Waals surface area (Å²) in [4.78, 5) is 26.1. The summed E-state index contributed by atoms with van der Waals surface area (Å²) in [6.45, 7) is 0.124. The molecule has 1 aromatic carbocycles. The maximum absolute atomic E-state index is 13.9. The third-order valence-electron chi connectivity index (χ3n) is 4.34. The lowest BCUT2D eigenvalue weighted by atomic mass is 10.1. The lowest BCUT2D eigenvalue weighted by Gasteiger charge is -2.20. The van der Waals surface area contributed by atoms with E-state index in [9.17, 15) is 18.4 Å². The number of aryl methyl sites for hydroxylation is 1. The van der Waals surface area contributed by atoms with Gasteiger partial charge in [-0.15, -0.1) is 0 Å². The van der Waals surface area contributed by atoms with Crippen molar-refractivity contribution in [1.82, 2.24) is 20.4 Å². The highest BCUT2D eigenvalue weighted by molar-refractivity contribution is 6.02. The summed E-state index contributed by atoms with van der Waals surface area (Å²) in [7, 11) is 3.35. The Morgan fingerprint density at radius 3 is 2.62 bits per heavy atom. The van der Waals surface area contributed by atoms with Crippen LogP contribution < -0.4 is 15.5 Å². The van der Waals surface area contributed by atoms with E-state index in [2.05, 4.69) is 15.7 Å². The lowest BCUT2D eigenvalue weighted by molar-refractivity contribution is -0.127. The zero-order chi connectivity index (χ0) is 18.8. The van der Waals surface area contributed by atoms with Crippen LogP contribution in [0.15, 0.2) is 30.6 Å². The number of likely N-dealkylation sites (N-methyl/N-ethyl adjacent to an activating group) is 1. The number of carbonyl (C=O) groups excluding carboxylic acids is 2. The number of nitrogens with zero attached hydrogens (tertiary/aromatic N) is 3. The van der Waals surface area contributed by atoms with Crippen LogP contribution in [0.4, 0.5) is 14.5 Å². The highest BCUT2D eigenvalue weighted by Crippen LogP contribution is 2.27. The largest absolute Gasteiger partial charge is 0.343 e. The van der Waals surface area contributed by atoms with Crippen LogP contribution in [0.1, 0.15) is 18.0 Å². The quantitative estimate of drug-likeness (QED) is 0.827. The van der Waals surface area contributed by atoms with Crippen molar-refractivity contribution in [3.05, 3.63) is 47.8 Å². The van der Waals surface area contributed by atoms with Crippen molar-refractivity contribution in [3.8, 4) is 0 Å². The standard InChI is InChI=1S/C17H19F2N5O2/c1-20-14(10-8-21-23(2)9-10)16(25)22-13-6-7-24(17(13)26)15-11(18)4-3-5-12(15)19/h3-5,8-9,13-14,20H,6-7H2,1-2H3,(H,22,25). The molecular formula is C17H19F2N5O2. The molecule has 2 heterocycles. The van der Waals surface area contributed by atoms with Crippen molar-refractivity contribution in [2.24, 2.45) is 7.05 Å². The van der Waals surface area contributed by atoms with E-state index >= 15 is 0 Å². The Bertz CT molecular complexity index is 818. The number of para-hydroxylation sites is 1. The smallest absolute Gasteiger partial charge is 0.249 e. The van der Waals surface area contributed by atoms with E-state index < -0.39 is 35.5 Å². The van der Waals surface area contributed by atoms with E-state index in [1.165, 1.54) is 6.07 Å². The predicted octanol–water partition coefficient (Wildman–Crippen LogP) is 0.880. The van der Waals surface area contributed by atoms with Gasteiger partial charge in [-0.3, -0.25) is 14.3 Å². The van der Waals surface area contributed by atoms with Crippen LogP contribution in [0.25, 0.3) is 0 Å². The maximum Gasteiger partial charge on any atom is 0.249 e. The minimum absolute atomic E-state index is 0.124. The van der Waals surface area contributed by atoms with Gasteiger partial charge in [0.05, 0.1) is 6.20 Å². The van der Waals surface area contributed by atoms with E-state index in [1.807, 2.05) is 0 Å². The van der Waals surface area contributed by atoms with Crippen LogP contribution in [-0.4, -0.2) is 41.2 Å². The maximum atomic E-state index is 13.9. The first-order valence-corrected chi connectivity index (χ1v) is 8.14. The van der Waals surface area contributed by atoms with Crippen LogP contribution in [0, 0.1) is 11.6 Å². The summed E-state index contributed by atoms with van der Waals surface area (Å²) in [5, 5.41) is 9.55. The first kappa shape index (κ1) is 18.0. The minimum atomic E-state index is -0.839. The van der Waals surface area contributed by atoms with Crippen LogP contribution in [0.3, 0.4) is 0 Å². The van der Waals surface area contributed by atoms with E-state index in [0.717, 1.165) is 17.0 Å². The van der Waals surface area contributed by atoms with Crippen LogP contribution >= 0.6 is 0 Å². The molecule has 2 aromatic rings. The Labute approximate surface area is 149 Å². The Morgan fingerprint density at radius 2 is 2.04 bits per heavy atom. The summed E-state index contributed by atoms with van der Waals surface area (Å²) in [5.74, 6) is -2.57. The Kier molecular flexibility index (Phi) is 4.99. The van der Waals surface area contributed by atoms with Crippen molar-refractivity contribution in [1.29, 1.82) is 0 Å². The number of halogens is 2. The first-order valence-electron chi connectivity index (χ1n) is 8.14. The minimum Gasteiger partial charge on any atom is -0.343 e. The SMILES string of the molecule is CNC(C(=O)NC1CCN(c2c(F)cccc2F)C1=O)c1cnn(C)c1. The predicted molar refractivity (Wildman–Crippen MR) is 90.3 cm³/mol. The van der Waals surface area contributed by atoms with Gasteiger partial charge in [0.1, 0.15) is 29.4 Å². The fourth-order valence-corrected chi connectivity index (χ4v) is 3.08. The van der Waals surface area contributed by atoms with Crippen molar-refractivity contribution in [3.63, 3.8) is 0 Å². The molecule has 2 N–H and O–H groups in total. The van der Waals surface area contributed by atoms with Gasteiger partial charge in [0, 0.05) is 25.4 Å². The van der Waals surface area contributed by atoms with E-state index in [4.69, 9.17) is 0 Å². The number of hydrogen-bond acceptors (Lipinski definition) is 4. The number of aromatic nitrogens is 2. The number of anilines is 1. The van der Waals surface area contributed by atoms with Gasteiger partial charge in [-0.25, -0.2) is 8.78 Å². The van der Waals surface area contributed by atoms with Gasteiger partial charge in [0.2, 0.25) is 11.8 Å². The molecule has 0 aliphatic carbocycles. The molecule has 1 aliphatic heterocycles. The third-order valence-corrected chi connectivity index (χ3v) is 4.34. The van der Waals surface area contributed by atoms with Gasteiger partial charge >= 0.3 is 0 Å². The molecule has 9 heteroatoms. The molecule has 2 unspecified atom stereocenters. The molecule has 2 atom stereocenters. The van der Waals surface area contributed by atoms with Crippen molar-refractivity contribution in [2.75, 3.05) is 18.5 Å². The number of amides is 2. The molecule has 3 rings (SSSR count). The molecule has 0 spiro atoms. The molecule has 1 aliphatic rings. The Balaban J connectivity index is 1.73. The average Bonchev–Trinajstić information content (AvgIpc) is 3.16. The number of rotatable bonds is 5. The second kappa shape index (κ2) is 7.20. The molecular weight excluding hydrogens is 344 g/mol. The highest BCUT2D eigenvalue weighted by Gasteiger charge is 2.37. The number of nitrogens with one attached hydrogen (secondary N) is 2. The molecule has 1 saturated heterocycles. The summed E-state index contributed by atoms with van der Waals surface area (Å²) < 4.78 is 29.4. The lowest BCUT2D eigenvalue weighted by Crippen LogP contribution is -2.46. The molecule has 138 valence electrons. The van der Waals surface area contributed by atoms with Gasteiger partial charge in [0.15, 0.2) is 0 Å². The normalized spacial score (nSPS) is 18.2. The molecule has 7 nitrogen and oxygen atoms in total. The van der Waals surface area contributed by atoms with Crippen molar-refractivity contribution < 1.29 is 18.4 Å². The average molecular weight is 363 g/mol. The van der Waals surface area contributed by atoms with Crippen LogP contribution in [-0.2, 0) is 16.6 Å². The van der Waals surface area contributed by atoms with Crippen molar-refractivity contribution in [2.45, 2.75) is 18.5 Å². The van der Waals surface area contributed by atoms with Crippen LogP contribution in [0.5, 0.6) is 0 Å². The fraction of sp³-hybridized carbons (Fsp3) is 0.353. The van der Waals surface area contributed by atoms with E-state index in [-0.39, 0.29) is 18.7 Å². The van der Waals surface area contributed by atoms with E-state index in [1.54, 1.807) is 31.2 Å². The second-order valence-corrected chi connectivity index (χ2v) is 6.08. The number of hydrogen-bond donors (Lipinski definition) is 2. The summed E-state index contributed by atoms with van der Waals surface area (Å²) >= 11 is 0. The van der Waals surface area contributed by atoms with Crippen LogP contribution in [0.2, 0.25) is 0 Å². The molecule has 26 heavy (non-hydrogen) atoms. The zero-order valence-corrected chi connectivity index (χ0v) is 14.4. The van der Waals surface area contributed by atoms with Gasteiger partial charge in [-0.05, 0) is 25.6 Å². The third kappa shape index (κ3) is 3.30. The highest BCUT2D eigenvalue weighted by atomic mass is 19.1. The van der Waals surface area contributed by atoms with Crippen molar-refractivity contribution >= 4 is 17.5 Å². The second-order valence-electron chi connectivity index (χ2n) is 6.08. The van der Waals surface area contributed by atoms with Gasteiger partial charge in [-0.2, -0.15) is 5.10 Å². The molecule has 2 amide bonds. The topological polar surface area (TPSA) is 79.3 Å². The molecule has 1 aromatic heterocycles. The van der Waals surface area contributed by atoms with Gasteiger partial charge in [0.25, 0.3) is 0 Å². The van der Waals surface area contributed by atoms with Gasteiger partial charge < -0.3 is 15.5 Å². The zero-order valence-electron chi connectivity index (χ0n) is 14.4. The summed E-state index contributed by atoms with van der Waals surface area (Å²) in [6.07, 6.45) is 3.51.